The van der Waals surface area contributed by atoms with Crippen molar-refractivity contribution in [2.24, 2.45) is 5.73 Å². The maximum atomic E-state index is 6.02. The van der Waals surface area contributed by atoms with Crippen molar-refractivity contribution in [1.82, 2.24) is 0 Å². The van der Waals surface area contributed by atoms with Crippen molar-refractivity contribution < 1.29 is 9.15 Å². The predicted octanol–water partition coefficient (Wildman–Crippen LogP) is 3.11. The second-order valence-electron chi connectivity index (χ2n) is 3.66. The lowest BCUT2D eigenvalue weighted by atomic mass is 10.2. The van der Waals surface area contributed by atoms with Gasteiger partial charge in [-0.3, -0.25) is 0 Å². The first-order valence-electron chi connectivity index (χ1n) is 5.37. The van der Waals surface area contributed by atoms with Crippen LogP contribution in [0.5, 0.6) is 0 Å². The highest BCUT2D eigenvalue weighted by molar-refractivity contribution is 6.31. The van der Waals surface area contributed by atoms with Gasteiger partial charge in [-0.05, 0) is 17.7 Å². The lowest BCUT2D eigenvalue weighted by Gasteiger charge is -2.05. The Morgan fingerprint density at radius 2 is 1.94 bits per heavy atom. The number of rotatable bonds is 5. The summed E-state index contributed by atoms with van der Waals surface area (Å²) in [6.45, 7) is 1.33. The highest BCUT2D eigenvalue weighted by atomic mass is 35.5. The van der Waals surface area contributed by atoms with E-state index < -0.39 is 0 Å². The third-order valence-electron chi connectivity index (χ3n) is 2.51. The molecule has 0 aliphatic heterocycles. The average molecular weight is 252 g/mol. The van der Waals surface area contributed by atoms with Crippen molar-refractivity contribution in [1.29, 1.82) is 0 Å². The lowest BCUT2D eigenvalue weighted by molar-refractivity contribution is 0.0923. The van der Waals surface area contributed by atoms with Crippen LogP contribution >= 0.6 is 11.6 Å². The van der Waals surface area contributed by atoms with Gasteiger partial charge in [0.1, 0.15) is 12.4 Å². The Morgan fingerprint density at radius 3 is 2.71 bits per heavy atom. The van der Waals surface area contributed by atoms with Gasteiger partial charge in [0.05, 0.1) is 12.9 Å². The number of ether oxygens (including phenoxy) is 1. The first-order chi connectivity index (χ1) is 8.31. The SMILES string of the molecule is NCc1ccoc1COCc1ccccc1Cl. The van der Waals surface area contributed by atoms with E-state index in [-0.39, 0.29) is 0 Å². The quantitative estimate of drug-likeness (QED) is 0.888. The molecule has 2 N–H and O–H groups in total. The van der Waals surface area contributed by atoms with Gasteiger partial charge in [0.25, 0.3) is 0 Å². The molecule has 0 radical (unpaired) electrons. The number of halogens is 1. The van der Waals surface area contributed by atoms with Crippen molar-refractivity contribution in [2.75, 3.05) is 0 Å². The Balaban J connectivity index is 1.90. The highest BCUT2D eigenvalue weighted by Crippen LogP contribution is 2.17. The summed E-state index contributed by atoms with van der Waals surface area (Å²) in [7, 11) is 0. The second kappa shape index (κ2) is 5.87. The summed E-state index contributed by atoms with van der Waals surface area (Å²) < 4.78 is 10.8. The first kappa shape index (κ1) is 12.2. The number of nitrogens with two attached hydrogens (primary N) is 1. The third-order valence-corrected chi connectivity index (χ3v) is 2.87. The van der Waals surface area contributed by atoms with Crippen molar-refractivity contribution >= 4 is 11.6 Å². The van der Waals surface area contributed by atoms with Gasteiger partial charge >= 0.3 is 0 Å². The molecule has 2 rings (SSSR count). The summed E-state index contributed by atoms with van der Waals surface area (Å²) in [5.41, 5.74) is 7.51. The van der Waals surface area contributed by atoms with Crippen molar-refractivity contribution in [3.05, 3.63) is 58.5 Å². The molecule has 0 aliphatic rings. The Bertz CT molecular complexity index is 482. The number of furan rings is 1. The van der Waals surface area contributed by atoms with E-state index in [1.54, 1.807) is 6.26 Å². The smallest absolute Gasteiger partial charge is 0.133 e. The molecule has 1 aromatic heterocycles. The van der Waals surface area contributed by atoms with E-state index in [0.717, 1.165) is 16.9 Å². The molecule has 0 fully saturated rings. The minimum absolute atomic E-state index is 0.407. The summed E-state index contributed by atoms with van der Waals surface area (Å²) in [6.07, 6.45) is 1.62. The molecule has 90 valence electrons. The third kappa shape index (κ3) is 3.09. The molecule has 0 bridgehead atoms. The molecule has 0 amide bonds. The Labute approximate surface area is 105 Å². The van der Waals surface area contributed by atoms with Crippen molar-refractivity contribution in [2.45, 2.75) is 19.8 Å². The van der Waals surface area contributed by atoms with E-state index in [4.69, 9.17) is 26.5 Å². The molecule has 3 nitrogen and oxygen atoms in total. The van der Waals surface area contributed by atoms with Gasteiger partial charge in [0.2, 0.25) is 0 Å². The summed E-state index contributed by atoms with van der Waals surface area (Å²) in [4.78, 5) is 0. The Morgan fingerprint density at radius 1 is 1.12 bits per heavy atom. The van der Waals surface area contributed by atoms with Gasteiger partial charge in [-0.15, -0.1) is 0 Å². The van der Waals surface area contributed by atoms with E-state index in [2.05, 4.69) is 0 Å². The molecule has 2 aromatic rings. The Kier molecular flexibility index (Phi) is 4.20. The second-order valence-corrected chi connectivity index (χ2v) is 4.06. The van der Waals surface area contributed by atoms with Gasteiger partial charge in [-0.2, -0.15) is 0 Å². The minimum Gasteiger partial charge on any atom is -0.467 e. The average Bonchev–Trinajstić information content (AvgIpc) is 2.79. The van der Waals surface area contributed by atoms with E-state index in [1.807, 2.05) is 30.3 Å². The molecule has 4 heteroatoms. The molecule has 1 aromatic carbocycles. The first-order valence-corrected chi connectivity index (χ1v) is 5.75. The molecular weight excluding hydrogens is 238 g/mol. The number of hydrogen-bond acceptors (Lipinski definition) is 3. The Hall–Kier alpha value is -1.29. The van der Waals surface area contributed by atoms with E-state index in [0.29, 0.717) is 24.8 Å². The molecule has 0 spiro atoms. The topological polar surface area (TPSA) is 48.4 Å². The van der Waals surface area contributed by atoms with Crippen molar-refractivity contribution in [3.8, 4) is 0 Å². The maximum Gasteiger partial charge on any atom is 0.133 e. The van der Waals surface area contributed by atoms with Crippen LogP contribution in [0.3, 0.4) is 0 Å². The zero-order valence-electron chi connectivity index (χ0n) is 9.36. The van der Waals surface area contributed by atoms with Crippen LogP contribution in [0, 0.1) is 0 Å². The van der Waals surface area contributed by atoms with Gasteiger partial charge in [-0.25, -0.2) is 0 Å². The highest BCUT2D eigenvalue weighted by Gasteiger charge is 2.05. The van der Waals surface area contributed by atoms with Crippen LogP contribution in [0.2, 0.25) is 5.02 Å². The number of benzene rings is 1. The summed E-state index contributed by atoms with van der Waals surface area (Å²) in [5.74, 6) is 0.777. The fourth-order valence-corrected chi connectivity index (χ4v) is 1.73. The normalized spacial score (nSPS) is 10.7. The summed E-state index contributed by atoms with van der Waals surface area (Å²) in [6, 6.07) is 9.47. The lowest BCUT2D eigenvalue weighted by Crippen LogP contribution is -2.00. The van der Waals surface area contributed by atoms with Crippen LogP contribution in [-0.2, 0) is 24.5 Å². The van der Waals surface area contributed by atoms with E-state index in [9.17, 15) is 0 Å². The van der Waals surface area contributed by atoms with E-state index >= 15 is 0 Å². The largest absolute Gasteiger partial charge is 0.467 e. The van der Waals surface area contributed by atoms with Crippen LogP contribution < -0.4 is 5.73 Å². The zero-order valence-corrected chi connectivity index (χ0v) is 10.1. The number of hydrogen-bond donors (Lipinski definition) is 1. The fraction of sp³-hybridized carbons (Fsp3) is 0.231. The van der Waals surface area contributed by atoms with E-state index in [1.165, 1.54) is 0 Å². The predicted molar refractivity (Wildman–Crippen MR) is 66.5 cm³/mol. The minimum atomic E-state index is 0.407. The van der Waals surface area contributed by atoms with Gasteiger partial charge < -0.3 is 14.9 Å². The summed E-state index contributed by atoms with van der Waals surface area (Å²) >= 11 is 6.02. The molecular formula is C13H14ClNO2. The molecule has 0 atom stereocenters. The fourth-order valence-electron chi connectivity index (χ4n) is 1.54. The van der Waals surface area contributed by atoms with Crippen LogP contribution in [-0.4, -0.2) is 0 Å². The molecule has 0 aliphatic carbocycles. The zero-order chi connectivity index (χ0) is 12.1. The van der Waals surface area contributed by atoms with Crippen LogP contribution in [0.1, 0.15) is 16.9 Å². The monoisotopic (exact) mass is 251 g/mol. The molecule has 17 heavy (non-hydrogen) atoms. The van der Waals surface area contributed by atoms with Gasteiger partial charge in [0, 0.05) is 17.1 Å². The van der Waals surface area contributed by atoms with Gasteiger partial charge in [-0.1, -0.05) is 29.8 Å². The van der Waals surface area contributed by atoms with Crippen LogP contribution in [0.4, 0.5) is 0 Å². The maximum absolute atomic E-state index is 6.02. The van der Waals surface area contributed by atoms with Crippen LogP contribution in [0.25, 0.3) is 0 Å². The van der Waals surface area contributed by atoms with Crippen LogP contribution in [0.15, 0.2) is 41.0 Å². The standard InChI is InChI=1S/C13H14ClNO2/c14-12-4-2-1-3-11(12)8-16-9-13-10(7-15)5-6-17-13/h1-6H,7-9,15H2. The molecule has 0 saturated heterocycles. The molecule has 0 saturated carbocycles. The molecule has 1 heterocycles. The van der Waals surface area contributed by atoms with Gasteiger partial charge in [0.15, 0.2) is 0 Å². The summed E-state index contributed by atoms with van der Waals surface area (Å²) in [5, 5.41) is 0.714. The molecule has 0 unspecified atom stereocenters. The van der Waals surface area contributed by atoms with Crippen molar-refractivity contribution in [3.63, 3.8) is 0 Å².